The number of ether oxygens (including phenoxy) is 1. The van der Waals surface area contributed by atoms with Crippen molar-refractivity contribution in [3.05, 3.63) is 42.0 Å². The second-order valence-corrected chi connectivity index (χ2v) is 4.25. The van der Waals surface area contributed by atoms with Crippen molar-refractivity contribution in [1.82, 2.24) is 5.32 Å². The molecule has 0 unspecified atom stereocenters. The highest BCUT2D eigenvalue weighted by molar-refractivity contribution is 14.0. The molecule has 1 aromatic rings. The molecule has 0 amide bonds. The fourth-order valence-electron chi connectivity index (χ4n) is 1.33. The first-order valence-electron chi connectivity index (χ1n) is 5.95. The number of hydrogen-bond acceptors (Lipinski definition) is 2. The lowest BCUT2D eigenvalue weighted by atomic mass is 10.2. The molecule has 1 rings (SSSR count). The normalized spacial score (nSPS) is 10.5. The molecule has 0 radical (unpaired) electrons. The molecular formula is C14H22IN3O. The van der Waals surface area contributed by atoms with Gasteiger partial charge in [0.25, 0.3) is 0 Å². The van der Waals surface area contributed by atoms with Gasteiger partial charge in [-0.25, -0.2) is 4.99 Å². The number of guanidine groups is 1. The Kier molecular flexibility index (Phi) is 9.03. The van der Waals surface area contributed by atoms with E-state index < -0.39 is 0 Å². The Morgan fingerprint density at radius 2 is 2.21 bits per heavy atom. The first kappa shape index (κ1) is 17.8. The number of nitrogens with one attached hydrogen (secondary N) is 1. The molecule has 1 aromatic carbocycles. The van der Waals surface area contributed by atoms with Crippen LogP contribution in [0.3, 0.4) is 0 Å². The maximum atomic E-state index is 5.67. The Balaban J connectivity index is 0.00000324. The number of hydrogen-bond donors (Lipinski definition) is 2. The molecule has 0 aliphatic carbocycles. The molecule has 0 spiro atoms. The van der Waals surface area contributed by atoms with Crippen LogP contribution in [0.5, 0.6) is 5.75 Å². The van der Waals surface area contributed by atoms with Gasteiger partial charge >= 0.3 is 0 Å². The van der Waals surface area contributed by atoms with E-state index in [1.54, 1.807) is 0 Å². The summed E-state index contributed by atoms with van der Waals surface area (Å²) in [6.45, 7) is 9.43. The molecule has 0 aliphatic rings. The van der Waals surface area contributed by atoms with Crippen LogP contribution in [0.1, 0.15) is 12.5 Å². The minimum atomic E-state index is 0. The first-order valence-corrected chi connectivity index (χ1v) is 5.95. The van der Waals surface area contributed by atoms with Crippen LogP contribution in [0.25, 0.3) is 0 Å². The summed E-state index contributed by atoms with van der Waals surface area (Å²) in [5.41, 5.74) is 7.83. The van der Waals surface area contributed by atoms with Gasteiger partial charge in [-0.2, -0.15) is 0 Å². The lowest BCUT2D eigenvalue weighted by Crippen LogP contribution is -2.34. The standard InChI is InChI=1S/C14H21N3O.HI/c1-11(2)10-17-14(15)16-7-8-18-13-6-4-5-12(3)9-13;/h4-6,9H,1,7-8,10H2,2-3H3,(H3,15,16,17);1H. The third-order valence-corrected chi connectivity index (χ3v) is 2.19. The topological polar surface area (TPSA) is 59.6 Å². The molecule has 19 heavy (non-hydrogen) atoms. The first-order chi connectivity index (χ1) is 8.58. The molecule has 0 aromatic heterocycles. The second kappa shape index (κ2) is 9.66. The molecular weight excluding hydrogens is 353 g/mol. The van der Waals surface area contributed by atoms with E-state index >= 15 is 0 Å². The van der Waals surface area contributed by atoms with Crippen molar-refractivity contribution in [3.63, 3.8) is 0 Å². The zero-order valence-electron chi connectivity index (χ0n) is 11.5. The van der Waals surface area contributed by atoms with Crippen molar-refractivity contribution >= 4 is 29.9 Å². The smallest absolute Gasteiger partial charge is 0.189 e. The minimum absolute atomic E-state index is 0. The molecule has 106 valence electrons. The SMILES string of the molecule is C=C(C)CN=C(N)NCCOc1cccc(C)c1.I. The van der Waals surface area contributed by atoms with Gasteiger partial charge in [-0.1, -0.05) is 24.3 Å². The Hall–Kier alpha value is -1.24. The highest BCUT2D eigenvalue weighted by Gasteiger charge is 1.95. The molecule has 0 atom stereocenters. The summed E-state index contributed by atoms with van der Waals surface area (Å²) >= 11 is 0. The van der Waals surface area contributed by atoms with Gasteiger partial charge in [0.2, 0.25) is 0 Å². The van der Waals surface area contributed by atoms with Gasteiger partial charge in [-0.15, -0.1) is 24.0 Å². The number of halogens is 1. The van der Waals surface area contributed by atoms with Crippen LogP contribution in [0, 0.1) is 6.92 Å². The van der Waals surface area contributed by atoms with Gasteiger partial charge in [0, 0.05) is 0 Å². The summed E-state index contributed by atoms with van der Waals surface area (Å²) in [5, 5.41) is 2.98. The van der Waals surface area contributed by atoms with Gasteiger partial charge in [-0.3, -0.25) is 0 Å². The molecule has 4 nitrogen and oxygen atoms in total. The highest BCUT2D eigenvalue weighted by Crippen LogP contribution is 2.11. The van der Waals surface area contributed by atoms with Gasteiger partial charge in [-0.05, 0) is 31.5 Å². The van der Waals surface area contributed by atoms with Crippen LogP contribution < -0.4 is 15.8 Å². The van der Waals surface area contributed by atoms with Gasteiger partial charge in [0.1, 0.15) is 12.4 Å². The fourth-order valence-corrected chi connectivity index (χ4v) is 1.33. The predicted molar refractivity (Wildman–Crippen MR) is 91.4 cm³/mol. The molecule has 0 aliphatic heterocycles. The van der Waals surface area contributed by atoms with Crippen molar-refractivity contribution in [3.8, 4) is 5.75 Å². The van der Waals surface area contributed by atoms with Crippen LogP contribution in [-0.2, 0) is 0 Å². The van der Waals surface area contributed by atoms with E-state index in [9.17, 15) is 0 Å². The Bertz CT molecular complexity index is 432. The fraction of sp³-hybridized carbons (Fsp3) is 0.357. The van der Waals surface area contributed by atoms with E-state index in [1.807, 2.05) is 38.1 Å². The number of nitrogens with zero attached hydrogens (tertiary/aromatic N) is 1. The zero-order valence-corrected chi connectivity index (χ0v) is 13.8. The summed E-state index contributed by atoms with van der Waals surface area (Å²) in [5.74, 6) is 1.29. The lowest BCUT2D eigenvalue weighted by Gasteiger charge is -2.08. The maximum Gasteiger partial charge on any atom is 0.189 e. The van der Waals surface area contributed by atoms with Gasteiger partial charge in [0.15, 0.2) is 5.96 Å². The van der Waals surface area contributed by atoms with Crippen LogP contribution in [-0.4, -0.2) is 25.7 Å². The summed E-state index contributed by atoms with van der Waals surface area (Å²) in [6, 6.07) is 7.94. The number of nitrogens with two attached hydrogens (primary N) is 1. The average molecular weight is 375 g/mol. The van der Waals surface area contributed by atoms with Crippen molar-refractivity contribution in [2.75, 3.05) is 19.7 Å². The maximum absolute atomic E-state index is 5.67. The number of benzene rings is 1. The molecule has 0 heterocycles. The molecule has 3 N–H and O–H groups in total. The molecule has 5 heteroatoms. The molecule has 0 bridgehead atoms. The van der Waals surface area contributed by atoms with E-state index in [4.69, 9.17) is 10.5 Å². The molecule has 0 fully saturated rings. The van der Waals surface area contributed by atoms with Crippen LogP contribution >= 0.6 is 24.0 Å². The number of aliphatic imine (C=N–C) groups is 1. The predicted octanol–water partition coefficient (Wildman–Crippen LogP) is 2.47. The summed E-state index contributed by atoms with van der Waals surface area (Å²) in [6.07, 6.45) is 0. The van der Waals surface area contributed by atoms with E-state index in [0.29, 0.717) is 25.7 Å². The molecule has 0 saturated carbocycles. The Labute approximate surface area is 132 Å². The number of rotatable bonds is 6. The van der Waals surface area contributed by atoms with Crippen molar-refractivity contribution in [1.29, 1.82) is 0 Å². The zero-order chi connectivity index (χ0) is 13.4. The monoisotopic (exact) mass is 375 g/mol. The second-order valence-electron chi connectivity index (χ2n) is 4.25. The largest absolute Gasteiger partial charge is 0.492 e. The van der Waals surface area contributed by atoms with Gasteiger partial charge < -0.3 is 15.8 Å². The van der Waals surface area contributed by atoms with Crippen molar-refractivity contribution in [2.24, 2.45) is 10.7 Å². The van der Waals surface area contributed by atoms with Crippen LogP contribution in [0.15, 0.2) is 41.4 Å². The third kappa shape index (κ3) is 8.47. The summed E-state index contributed by atoms with van der Waals surface area (Å²) in [7, 11) is 0. The Morgan fingerprint density at radius 3 is 2.84 bits per heavy atom. The van der Waals surface area contributed by atoms with Crippen LogP contribution in [0.2, 0.25) is 0 Å². The minimum Gasteiger partial charge on any atom is -0.492 e. The number of aryl methyl sites for hydroxylation is 1. The lowest BCUT2D eigenvalue weighted by molar-refractivity contribution is 0.322. The summed E-state index contributed by atoms with van der Waals surface area (Å²) in [4.78, 5) is 4.11. The highest BCUT2D eigenvalue weighted by atomic mass is 127. The molecule has 0 saturated heterocycles. The van der Waals surface area contributed by atoms with Crippen molar-refractivity contribution in [2.45, 2.75) is 13.8 Å². The quantitative estimate of drug-likeness (QED) is 0.264. The summed E-state index contributed by atoms with van der Waals surface area (Å²) < 4.78 is 5.57. The van der Waals surface area contributed by atoms with Gasteiger partial charge in [0.05, 0.1) is 13.1 Å². The Morgan fingerprint density at radius 1 is 1.47 bits per heavy atom. The van der Waals surface area contributed by atoms with Crippen molar-refractivity contribution < 1.29 is 4.74 Å². The van der Waals surface area contributed by atoms with Crippen LogP contribution in [0.4, 0.5) is 0 Å². The van der Waals surface area contributed by atoms with E-state index in [2.05, 4.69) is 16.9 Å². The average Bonchev–Trinajstić information content (AvgIpc) is 2.32. The van der Waals surface area contributed by atoms with E-state index in [0.717, 1.165) is 11.3 Å². The third-order valence-electron chi connectivity index (χ3n) is 2.19. The van der Waals surface area contributed by atoms with E-state index in [1.165, 1.54) is 5.56 Å². The van der Waals surface area contributed by atoms with E-state index in [-0.39, 0.29) is 24.0 Å².